The lowest BCUT2D eigenvalue weighted by molar-refractivity contribution is 0.0990. The van der Waals surface area contributed by atoms with Crippen molar-refractivity contribution in [1.82, 2.24) is 15.8 Å². The summed E-state index contributed by atoms with van der Waals surface area (Å²) in [6.07, 6.45) is 0.595. The maximum absolute atomic E-state index is 13.3. The van der Waals surface area contributed by atoms with Gasteiger partial charge in [-0.1, -0.05) is 60.2 Å². The van der Waals surface area contributed by atoms with Crippen molar-refractivity contribution >= 4 is 29.2 Å². The number of hydrogen-bond acceptors (Lipinski definition) is 5. The van der Waals surface area contributed by atoms with Gasteiger partial charge in [-0.15, -0.1) is 0 Å². The zero-order valence-electron chi connectivity index (χ0n) is 24.9. The van der Waals surface area contributed by atoms with Crippen molar-refractivity contribution in [3.8, 4) is 16.9 Å². The minimum atomic E-state index is -0.231. The van der Waals surface area contributed by atoms with Crippen LogP contribution in [0, 0.1) is 6.92 Å². The number of carbonyl (C=O) groups excluding carboxylic acids is 3. The van der Waals surface area contributed by atoms with E-state index in [1.807, 2.05) is 67.6 Å². The zero-order chi connectivity index (χ0) is 30.8. The maximum Gasteiger partial charge on any atom is 0.331 e. The van der Waals surface area contributed by atoms with Gasteiger partial charge in [0.15, 0.2) is 0 Å². The molecule has 0 bridgehead atoms. The van der Waals surface area contributed by atoms with Crippen LogP contribution in [-0.2, 0) is 0 Å². The SMILES string of the molecule is CNN(C)C(=O)NCCCOc1ccccc1N(C)C(=O)c1ccc(NC(=O)c2ccccc2-c2ccc(C)cc2)cc1. The van der Waals surface area contributed by atoms with Crippen LogP contribution in [0.2, 0.25) is 0 Å². The van der Waals surface area contributed by atoms with Crippen molar-refractivity contribution in [2.45, 2.75) is 13.3 Å². The first-order chi connectivity index (χ1) is 20.8. The van der Waals surface area contributed by atoms with E-state index < -0.39 is 0 Å². The van der Waals surface area contributed by atoms with E-state index in [0.717, 1.165) is 16.7 Å². The summed E-state index contributed by atoms with van der Waals surface area (Å²) in [6, 6.07) is 29.4. The Morgan fingerprint density at radius 1 is 0.814 bits per heavy atom. The topological polar surface area (TPSA) is 103 Å². The number of ether oxygens (including phenoxy) is 1. The van der Waals surface area contributed by atoms with E-state index >= 15 is 0 Å². The van der Waals surface area contributed by atoms with Gasteiger partial charge in [-0.25, -0.2) is 10.2 Å². The monoisotopic (exact) mass is 579 g/mol. The number of benzene rings is 4. The molecule has 0 fully saturated rings. The second-order valence-corrected chi connectivity index (χ2v) is 9.99. The Bertz CT molecular complexity index is 1550. The second-order valence-electron chi connectivity index (χ2n) is 9.99. The lowest BCUT2D eigenvalue weighted by Crippen LogP contribution is -2.44. The molecule has 0 spiro atoms. The predicted molar refractivity (Wildman–Crippen MR) is 171 cm³/mol. The van der Waals surface area contributed by atoms with E-state index in [1.165, 1.54) is 9.91 Å². The molecular weight excluding hydrogens is 542 g/mol. The first kappa shape index (κ1) is 30.8. The number of urea groups is 1. The zero-order valence-corrected chi connectivity index (χ0v) is 24.9. The van der Waals surface area contributed by atoms with Crippen molar-refractivity contribution < 1.29 is 19.1 Å². The second kappa shape index (κ2) is 14.7. The van der Waals surface area contributed by atoms with E-state index in [4.69, 9.17) is 4.74 Å². The van der Waals surface area contributed by atoms with Crippen LogP contribution in [-0.4, -0.2) is 57.1 Å². The summed E-state index contributed by atoms with van der Waals surface area (Å²) in [5.41, 5.74) is 7.94. The molecule has 4 amide bonds. The van der Waals surface area contributed by atoms with Crippen LogP contribution in [0.4, 0.5) is 16.2 Å². The number of hydrazine groups is 1. The number of nitrogens with zero attached hydrogens (tertiary/aromatic N) is 2. The van der Waals surface area contributed by atoms with Crippen LogP contribution in [0.3, 0.4) is 0 Å². The Balaban J connectivity index is 1.37. The van der Waals surface area contributed by atoms with Crippen molar-refractivity contribution in [2.75, 3.05) is 44.5 Å². The third kappa shape index (κ3) is 7.99. The summed E-state index contributed by atoms with van der Waals surface area (Å²) in [4.78, 5) is 39.9. The molecule has 4 rings (SSSR count). The average Bonchev–Trinajstić information content (AvgIpc) is 3.04. The van der Waals surface area contributed by atoms with E-state index in [1.54, 1.807) is 57.5 Å². The highest BCUT2D eigenvalue weighted by Gasteiger charge is 2.18. The van der Waals surface area contributed by atoms with Gasteiger partial charge in [-0.2, -0.15) is 0 Å². The first-order valence-electron chi connectivity index (χ1n) is 14.0. The normalized spacial score (nSPS) is 10.5. The van der Waals surface area contributed by atoms with Crippen LogP contribution in [0.25, 0.3) is 11.1 Å². The van der Waals surface area contributed by atoms with Gasteiger partial charge >= 0.3 is 6.03 Å². The minimum absolute atomic E-state index is 0.221. The number of nitrogens with one attached hydrogen (secondary N) is 3. The van der Waals surface area contributed by atoms with Crippen LogP contribution < -0.4 is 25.7 Å². The molecule has 0 aromatic heterocycles. The minimum Gasteiger partial charge on any atom is -0.491 e. The van der Waals surface area contributed by atoms with Crippen LogP contribution in [0.1, 0.15) is 32.7 Å². The molecule has 43 heavy (non-hydrogen) atoms. The number of aryl methyl sites for hydroxylation is 1. The summed E-state index contributed by atoms with van der Waals surface area (Å²) in [5, 5.41) is 7.09. The van der Waals surface area contributed by atoms with Crippen LogP contribution in [0.15, 0.2) is 97.1 Å². The van der Waals surface area contributed by atoms with Gasteiger partial charge in [0.1, 0.15) is 5.75 Å². The third-order valence-electron chi connectivity index (χ3n) is 6.95. The number of amides is 4. The van der Waals surface area contributed by atoms with Gasteiger partial charge in [-0.3, -0.25) is 14.6 Å². The molecule has 0 aliphatic heterocycles. The molecule has 222 valence electrons. The quantitative estimate of drug-likeness (QED) is 0.155. The van der Waals surface area contributed by atoms with Crippen LogP contribution >= 0.6 is 0 Å². The van der Waals surface area contributed by atoms with Crippen molar-refractivity contribution in [2.24, 2.45) is 0 Å². The van der Waals surface area contributed by atoms with Gasteiger partial charge in [0.25, 0.3) is 11.8 Å². The van der Waals surface area contributed by atoms with Gasteiger partial charge in [0, 0.05) is 44.5 Å². The Hall–Kier alpha value is -5.15. The molecule has 0 saturated carbocycles. The first-order valence-corrected chi connectivity index (χ1v) is 14.0. The summed E-state index contributed by atoms with van der Waals surface area (Å²) in [6.45, 7) is 2.84. The highest BCUT2D eigenvalue weighted by Crippen LogP contribution is 2.29. The van der Waals surface area contributed by atoms with Crippen molar-refractivity contribution in [3.05, 3.63) is 114 Å². The number of hydrogen-bond donors (Lipinski definition) is 3. The molecule has 0 aliphatic carbocycles. The molecular formula is C34H37N5O4. The predicted octanol–water partition coefficient (Wildman–Crippen LogP) is 5.74. The smallest absolute Gasteiger partial charge is 0.331 e. The fraction of sp³-hybridized carbons (Fsp3) is 0.206. The van der Waals surface area contributed by atoms with E-state index in [9.17, 15) is 14.4 Å². The molecule has 0 saturated heterocycles. The Labute approximate surface area is 252 Å². The fourth-order valence-corrected chi connectivity index (χ4v) is 4.39. The molecule has 3 N–H and O–H groups in total. The fourth-order valence-electron chi connectivity index (χ4n) is 4.39. The summed E-state index contributed by atoms with van der Waals surface area (Å²) < 4.78 is 5.94. The number of anilines is 2. The van der Waals surface area contributed by atoms with Crippen molar-refractivity contribution in [1.29, 1.82) is 0 Å². The molecule has 0 atom stereocenters. The summed E-state index contributed by atoms with van der Waals surface area (Å²) >= 11 is 0. The standard InChI is InChI=1S/C34H37N5O4/c1-24-14-16-25(17-15-24)28-10-5-6-11-29(28)32(40)37-27-20-18-26(19-21-27)33(41)38(3)30-12-7-8-13-31(30)43-23-9-22-36-34(42)39(4)35-2/h5-8,10-21,35H,9,22-23H2,1-4H3,(H,36,42)(H,37,40). The lowest BCUT2D eigenvalue weighted by atomic mass is 9.98. The van der Waals surface area contributed by atoms with Gasteiger partial charge in [-0.05, 0) is 66.9 Å². The summed E-state index contributed by atoms with van der Waals surface area (Å²) in [7, 11) is 4.99. The largest absolute Gasteiger partial charge is 0.491 e. The Kier molecular flexibility index (Phi) is 10.5. The molecule has 0 aliphatic rings. The highest BCUT2D eigenvalue weighted by atomic mass is 16.5. The molecule has 4 aromatic rings. The molecule has 0 unspecified atom stereocenters. The van der Waals surface area contributed by atoms with Gasteiger partial charge in [0.2, 0.25) is 0 Å². The molecule has 9 nitrogen and oxygen atoms in total. The Morgan fingerprint density at radius 2 is 1.49 bits per heavy atom. The number of para-hydroxylation sites is 2. The van der Waals surface area contributed by atoms with Gasteiger partial charge < -0.3 is 20.3 Å². The van der Waals surface area contributed by atoms with Crippen molar-refractivity contribution in [3.63, 3.8) is 0 Å². The lowest BCUT2D eigenvalue weighted by Gasteiger charge is -2.21. The van der Waals surface area contributed by atoms with Crippen LogP contribution in [0.5, 0.6) is 5.75 Å². The highest BCUT2D eigenvalue weighted by molar-refractivity contribution is 6.09. The third-order valence-corrected chi connectivity index (χ3v) is 6.95. The molecule has 0 heterocycles. The number of carbonyl (C=O) groups is 3. The van der Waals surface area contributed by atoms with Gasteiger partial charge in [0.05, 0.1) is 12.3 Å². The molecule has 4 aromatic carbocycles. The summed E-state index contributed by atoms with van der Waals surface area (Å²) in [5.74, 6) is 0.112. The average molecular weight is 580 g/mol. The maximum atomic E-state index is 13.3. The Morgan fingerprint density at radius 3 is 2.21 bits per heavy atom. The van der Waals surface area contributed by atoms with E-state index in [-0.39, 0.29) is 17.8 Å². The molecule has 9 heteroatoms. The number of rotatable bonds is 11. The van der Waals surface area contributed by atoms with E-state index in [0.29, 0.717) is 47.8 Å². The van der Waals surface area contributed by atoms with E-state index in [2.05, 4.69) is 16.1 Å². The molecule has 0 radical (unpaired) electrons.